The molecule has 0 saturated heterocycles. The quantitative estimate of drug-likeness (QED) is 0.453. The lowest BCUT2D eigenvalue weighted by molar-refractivity contribution is -0.143. The van der Waals surface area contributed by atoms with Gasteiger partial charge in [-0.25, -0.2) is 23.1 Å². The Morgan fingerprint density at radius 2 is 2.05 bits per heavy atom. The maximum Gasteiger partial charge on any atom is 0.305 e. The summed E-state index contributed by atoms with van der Waals surface area (Å²) < 4.78 is 30.6. The standard InChI is InChI=1S/C10H14ClN3O4S/c1-2-18-9(15)4-3-5-14-19(16,17)8-6-12-10(11)13-7-8/h6-7,14H,2-5H2,1H3. The number of halogens is 1. The minimum Gasteiger partial charge on any atom is -0.466 e. The fourth-order valence-corrected chi connectivity index (χ4v) is 2.26. The van der Waals surface area contributed by atoms with E-state index in [9.17, 15) is 13.2 Å². The van der Waals surface area contributed by atoms with Crippen molar-refractivity contribution in [2.45, 2.75) is 24.7 Å². The van der Waals surface area contributed by atoms with Crippen LogP contribution in [0.15, 0.2) is 17.3 Å². The molecule has 0 fully saturated rings. The van der Waals surface area contributed by atoms with Gasteiger partial charge in [-0.05, 0) is 24.9 Å². The summed E-state index contributed by atoms with van der Waals surface area (Å²) in [5.41, 5.74) is 0. The molecular weight excluding hydrogens is 294 g/mol. The van der Waals surface area contributed by atoms with E-state index >= 15 is 0 Å². The van der Waals surface area contributed by atoms with E-state index in [0.717, 1.165) is 12.4 Å². The van der Waals surface area contributed by atoms with E-state index in [4.69, 9.17) is 16.3 Å². The second-order valence-electron chi connectivity index (χ2n) is 3.49. The van der Waals surface area contributed by atoms with Gasteiger partial charge in [0, 0.05) is 13.0 Å². The number of nitrogens with one attached hydrogen (secondary N) is 1. The summed E-state index contributed by atoms with van der Waals surface area (Å²) in [4.78, 5) is 18.1. The van der Waals surface area contributed by atoms with Gasteiger partial charge < -0.3 is 4.74 Å². The van der Waals surface area contributed by atoms with Gasteiger partial charge in [-0.15, -0.1) is 0 Å². The van der Waals surface area contributed by atoms with Gasteiger partial charge in [-0.1, -0.05) is 0 Å². The normalized spacial score (nSPS) is 11.3. The summed E-state index contributed by atoms with van der Waals surface area (Å²) in [5.74, 6) is -0.350. The number of hydrogen-bond donors (Lipinski definition) is 1. The number of carbonyl (C=O) groups excluding carboxylic acids is 1. The topological polar surface area (TPSA) is 98.2 Å². The minimum absolute atomic E-state index is 0.0266. The van der Waals surface area contributed by atoms with E-state index in [1.165, 1.54) is 0 Å². The molecule has 0 amide bonds. The van der Waals surface area contributed by atoms with E-state index in [1.54, 1.807) is 6.92 Å². The number of hydrogen-bond acceptors (Lipinski definition) is 6. The molecule has 0 spiro atoms. The Kier molecular flexibility index (Phi) is 6.13. The lowest BCUT2D eigenvalue weighted by atomic mass is 10.3. The zero-order valence-electron chi connectivity index (χ0n) is 10.3. The van der Waals surface area contributed by atoms with E-state index in [2.05, 4.69) is 14.7 Å². The number of carbonyl (C=O) groups is 1. The predicted molar refractivity (Wildman–Crippen MR) is 68.1 cm³/mol. The third kappa shape index (κ3) is 5.50. The van der Waals surface area contributed by atoms with Crippen LogP contribution in [0.4, 0.5) is 0 Å². The van der Waals surface area contributed by atoms with Crippen molar-refractivity contribution in [3.05, 3.63) is 17.7 Å². The van der Waals surface area contributed by atoms with Crippen LogP contribution < -0.4 is 4.72 Å². The molecule has 1 aromatic heterocycles. The third-order valence-corrected chi connectivity index (χ3v) is 3.67. The smallest absolute Gasteiger partial charge is 0.305 e. The van der Waals surface area contributed by atoms with Crippen LogP contribution in [0.1, 0.15) is 19.8 Å². The highest BCUT2D eigenvalue weighted by molar-refractivity contribution is 7.89. The maximum absolute atomic E-state index is 11.8. The summed E-state index contributed by atoms with van der Waals surface area (Å²) in [5, 5.41) is -0.0266. The van der Waals surface area contributed by atoms with E-state index in [1.807, 2.05) is 0 Å². The fraction of sp³-hybridized carbons (Fsp3) is 0.500. The van der Waals surface area contributed by atoms with Crippen LogP contribution in [0.5, 0.6) is 0 Å². The molecule has 1 heterocycles. The van der Waals surface area contributed by atoms with E-state index < -0.39 is 10.0 Å². The van der Waals surface area contributed by atoms with Crippen molar-refractivity contribution in [1.82, 2.24) is 14.7 Å². The molecule has 9 heteroatoms. The van der Waals surface area contributed by atoms with Gasteiger partial charge in [-0.3, -0.25) is 4.79 Å². The van der Waals surface area contributed by atoms with Crippen LogP contribution >= 0.6 is 11.6 Å². The van der Waals surface area contributed by atoms with Gasteiger partial charge in [0.25, 0.3) is 0 Å². The number of esters is 1. The average molecular weight is 308 g/mol. The number of ether oxygens (including phenoxy) is 1. The fourth-order valence-electron chi connectivity index (χ4n) is 1.19. The van der Waals surface area contributed by atoms with Crippen LogP contribution in [0, 0.1) is 0 Å². The summed E-state index contributed by atoms with van der Waals surface area (Å²) in [6.45, 7) is 2.15. The number of nitrogens with zero attached hydrogens (tertiary/aromatic N) is 2. The Hall–Kier alpha value is -1.25. The van der Waals surface area contributed by atoms with Crippen molar-refractivity contribution < 1.29 is 17.9 Å². The highest BCUT2D eigenvalue weighted by atomic mass is 35.5. The van der Waals surface area contributed by atoms with Gasteiger partial charge in [0.1, 0.15) is 4.90 Å². The van der Waals surface area contributed by atoms with Crippen molar-refractivity contribution in [3.8, 4) is 0 Å². The van der Waals surface area contributed by atoms with Crippen LogP contribution in [0.25, 0.3) is 0 Å². The van der Waals surface area contributed by atoms with Crippen LogP contribution in [-0.4, -0.2) is 37.5 Å². The first-order chi connectivity index (χ1) is 8.95. The molecule has 7 nitrogen and oxygen atoms in total. The molecule has 0 unspecified atom stereocenters. The molecule has 1 N–H and O–H groups in total. The first-order valence-electron chi connectivity index (χ1n) is 5.58. The Balaban J connectivity index is 2.43. The Bertz CT molecular complexity index is 518. The Morgan fingerprint density at radius 1 is 1.42 bits per heavy atom. The molecular formula is C10H14ClN3O4S. The van der Waals surface area contributed by atoms with Crippen molar-refractivity contribution >= 4 is 27.6 Å². The maximum atomic E-state index is 11.8. The minimum atomic E-state index is -3.67. The molecule has 0 bridgehead atoms. The molecule has 19 heavy (non-hydrogen) atoms. The third-order valence-electron chi connectivity index (χ3n) is 2.06. The van der Waals surface area contributed by atoms with Crippen molar-refractivity contribution in [1.29, 1.82) is 0 Å². The van der Waals surface area contributed by atoms with Crippen molar-refractivity contribution in [3.63, 3.8) is 0 Å². The van der Waals surface area contributed by atoms with Gasteiger partial charge in [0.05, 0.1) is 19.0 Å². The SMILES string of the molecule is CCOC(=O)CCCNS(=O)(=O)c1cnc(Cl)nc1. The largest absolute Gasteiger partial charge is 0.466 e. The molecule has 0 aliphatic carbocycles. The summed E-state index contributed by atoms with van der Waals surface area (Å²) >= 11 is 5.46. The number of aromatic nitrogens is 2. The van der Waals surface area contributed by atoms with E-state index in [-0.39, 0.29) is 29.1 Å². The van der Waals surface area contributed by atoms with E-state index in [0.29, 0.717) is 13.0 Å². The first-order valence-corrected chi connectivity index (χ1v) is 7.44. The summed E-state index contributed by atoms with van der Waals surface area (Å²) in [7, 11) is -3.67. The Morgan fingerprint density at radius 3 is 2.63 bits per heavy atom. The van der Waals surface area contributed by atoms with Gasteiger partial charge >= 0.3 is 5.97 Å². The second-order valence-corrected chi connectivity index (χ2v) is 5.60. The lowest BCUT2D eigenvalue weighted by Gasteiger charge is -2.06. The van der Waals surface area contributed by atoms with Crippen LogP contribution in [0.3, 0.4) is 0 Å². The van der Waals surface area contributed by atoms with Crippen LogP contribution in [0.2, 0.25) is 5.28 Å². The molecule has 106 valence electrons. The van der Waals surface area contributed by atoms with Crippen molar-refractivity contribution in [2.24, 2.45) is 0 Å². The highest BCUT2D eigenvalue weighted by Gasteiger charge is 2.14. The number of rotatable bonds is 7. The summed E-state index contributed by atoms with van der Waals surface area (Å²) in [6.07, 6.45) is 2.74. The van der Waals surface area contributed by atoms with Gasteiger partial charge in [0.15, 0.2) is 0 Å². The molecule has 1 rings (SSSR count). The monoisotopic (exact) mass is 307 g/mol. The molecule has 0 aliphatic heterocycles. The average Bonchev–Trinajstić information content (AvgIpc) is 2.36. The molecule has 1 aromatic rings. The number of sulfonamides is 1. The Labute approximate surface area is 116 Å². The predicted octanol–water partition coefficient (Wildman–Crippen LogP) is 0.752. The van der Waals surface area contributed by atoms with Crippen molar-refractivity contribution in [2.75, 3.05) is 13.2 Å². The first kappa shape index (κ1) is 15.8. The lowest BCUT2D eigenvalue weighted by Crippen LogP contribution is -2.25. The van der Waals surface area contributed by atoms with Crippen LogP contribution in [-0.2, 0) is 19.6 Å². The van der Waals surface area contributed by atoms with Gasteiger partial charge in [0.2, 0.25) is 15.3 Å². The summed E-state index contributed by atoms with van der Waals surface area (Å²) in [6, 6.07) is 0. The zero-order chi connectivity index (χ0) is 14.3. The molecule has 0 radical (unpaired) electrons. The molecule has 0 aromatic carbocycles. The molecule has 0 saturated carbocycles. The second kappa shape index (κ2) is 7.37. The van der Waals surface area contributed by atoms with Gasteiger partial charge in [-0.2, -0.15) is 0 Å². The zero-order valence-corrected chi connectivity index (χ0v) is 11.9. The highest BCUT2D eigenvalue weighted by Crippen LogP contribution is 2.07. The molecule has 0 atom stereocenters. The molecule has 0 aliphatic rings.